The molecular formula is C11H16O4. The lowest BCUT2D eigenvalue weighted by atomic mass is 9.80. The van der Waals surface area contributed by atoms with E-state index >= 15 is 0 Å². The minimum atomic E-state index is -1.03. The molecule has 1 aliphatic rings. The Kier molecular flexibility index (Phi) is 3.61. The van der Waals surface area contributed by atoms with Crippen molar-refractivity contribution in [1.82, 2.24) is 0 Å². The van der Waals surface area contributed by atoms with Gasteiger partial charge in [-0.05, 0) is 26.2 Å². The first-order valence-electron chi connectivity index (χ1n) is 5.14. The lowest BCUT2D eigenvalue weighted by molar-refractivity contribution is -0.157. The second-order valence-electron chi connectivity index (χ2n) is 4.05. The Morgan fingerprint density at radius 3 is 2.53 bits per heavy atom. The van der Waals surface area contributed by atoms with Crippen LogP contribution in [0.15, 0.2) is 0 Å². The molecule has 0 aliphatic heterocycles. The van der Waals surface area contributed by atoms with Gasteiger partial charge in [0.1, 0.15) is 17.0 Å². The van der Waals surface area contributed by atoms with Crippen LogP contribution in [0.2, 0.25) is 0 Å². The van der Waals surface area contributed by atoms with Crippen molar-refractivity contribution in [2.45, 2.75) is 39.0 Å². The highest BCUT2D eigenvalue weighted by Gasteiger charge is 2.49. The van der Waals surface area contributed by atoms with E-state index in [0.717, 1.165) is 0 Å². The predicted octanol–water partition coefficient (Wildman–Crippen LogP) is 1.27. The van der Waals surface area contributed by atoms with Crippen LogP contribution < -0.4 is 0 Å². The molecular weight excluding hydrogens is 196 g/mol. The molecule has 1 fully saturated rings. The third-order valence-corrected chi connectivity index (χ3v) is 3.02. The number of ketones is 2. The first-order chi connectivity index (χ1) is 7.03. The summed E-state index contributed by atoms with van der Waals surface area (Å²) in [6.45, 7) is 1.46. The van der Waals surface area contributed by atoms with E-state index in [9.17, 15) is 14.4 Å². The number of rotatable bonds is 4. The zero-order valence-electron chi connectivity index (χ0n) is 9.17. The van der Waals surface area contributed by atoms with Gasteiger partial charge in [-0.2, -0.15) is 0 Å². The van der Waals surface area contributed by atoms with E-state index in [1.165, 1.54) is 14.0 Å². The number of Topliss-reactive ketones (excluding diaryl/α,β-unsaturated/α-hetero) is 2. The van der Waals surface area contributed by atoms with Gasteiger partial charge in [0, 0.05) is 12.8 Å². The summed E-state index contributed by atoms with van der Waals surface area (Å²) in [5.74, 6) is -0.556. The summed E-state index contributed by atoms with van der Waals surface area (Å²) in [6.07, 6.45) is 2.22. The first kappa shape index (κ1) is 11.9. The molecule has 1 saturated carbocycles. The van der Waals surface area contributed by atoms with Gasteiger partial charge in [0.25, 0.3) is 0 Å². The van der Waals surface area contributed by atoms with Crippen LogP contribution in [0.1, 0.15) is 39.0 Å². The highest BCUT2D eigenvalue weighted by atomic mass is 16.5. The van der Waals surface area contributed by atoms with Crippen molar-refractivity contribution in [3.8, 4) is 0 Å². The highest BCUT2D eigenvalue weighted by Crippen LogP contribution is 2.40. The molecule has 1 unspecified atom stereocenters. The van der Waals surface area contributed by atoms with Gasteiger partial charge in [0.2, 0.25) is 0 Å². The van der Waals surface area contributed by atoms with Crippen LogP contribution in [0.25, 0.3) is 0 Å². The van der Waals surface area contributed by atoms with Crippen molar-refractivity contribution < 1.29 is 19.1 Å². The molecule has 84 valence electrons. The fourth-order valence-electron chi connectivity index (χ4n) is 2.10. The third kappa shape index (κ3) is 2.25. The van der Waals surface area contributed by atoms with Gasteiger partial charge >= 0.3 is 5.97 Å². The van der Waals surface area contributed by atoms with Gasteiger partial charge in [-0.25, -0.2) is 0 Å². The Labute approximate surface area is 89.0 Å². The zero-order valence-corrected chi connectivity index (χ0v) is 9.17. The SMILES string of the molecule is COC(=O)C1(CCC(C)=O)CCCC1=O. The molecule has 0 amide bonds. The third-order valence-electron chi connectivity index (χ3n) is 3.02. The van der Waals surface area contributed by atoms with Crippen molar-refractivity contribution in [2.24, 2.45) is 5.41 Å². The molecule has 0 radical (unpaired) electrons. The average Bonchev–Trinajstić information content (AvgIpc) is 2.57. The van der Waals surface area contributed by atoms with Crippen LogP contribution in [-0.2, 0) is 19.1 Å². The molecule has 0 spiro atoms. The summed E-state index contributed by atoms with van der Waals surface area (Å²) in [4.78, 5) is 34.2. The normalized spacial score (nSPS) is 25.3. The van der Waals surface area contributed by atoms with Crippen LogP contribution in [0.3, 0.4) is 0 Å². The highest BCUT2D eigenvalue weighted by molar-refractivity contribution is 6.05. The van der Waals surface area contributed by atoms with Crippen LogP contribution in [-0.4, -0.2) is 24.6 Å². The minimum absolute atomic E-state index is 0.00187. The van der Waals surface area contributed by atoms with Gasteiger partial charge in [-0.15, -0.1) is 0 Å². The molecule has 1 aliphatic carbocycles. The Morgan fingerprint density at radius 1 is 1.47 bits per heavy atom. The summed E-state index contributed by atoms with van der Waals surface area (Å²) in [5.41, 5.74) is -1.03. The van der Waals surface area contributed by atoms with E-state index in [1.807, 2.05) is 0 Å². The Balaban J connectivity index is 2.81. The molecule has 1 rings (SSSR count). The second kappa shape index (κ2) is 4.55. The zero-order chi connectivity index (χ0) is 11.5. The van der Waals surface area contributed by atoms with Crippen LogP contribution in [0, 0.1) is 5.41 Å². The van der Waals surface area contributed by atoms with Crippen molar-refractivity contribution in [3.63, 3.8) is 0 Å². The Hall–Kier alpha value is -1.19. The van der Waals surface area contributed by atoms with Gasteiger partial charge in [-0.1, -0.05) is 0 Å². The first-order valence-corrected chi connectivity index (χ1v) is 5.14. The molecule has 0 aromatic heterocycles. The summed E-state index contributed by atoms with van der Waals surface area (Å²) < 4.78 is 4.67. The fourth-order valence-corrected chi connectivity index (χ4v) is 2.10. The van der Waals surface area contributed by atoms with E-state index < -0.39 is 11.4 Å². The van der Waals surface area contributed by atoms with Gasteiger partial charge in [0.15, 0.2) is 0 Å². The largest absolute Gasteiger partial charge is 0.468 e. The maximum absolute atomic E-state index is 11.7. The second-order valence-corrected chi connectivity index (χ2v) is 4.05. The molecule has 0 aromatic rings. The molecule has 4 heteroatoms. The number of hydrogen-bond acceptors (Lipinski definition) is 4. The quantitative estimate of drug-likeness (QED) is 0.520. The summed E-state index contributed by atoms with van der Waals surface area (Å²) >= 11 is 0. The Bertz CT molecular complexity index is 295. The number of esters is 1. The smallest absolute Gasteiger partial charge is 0.319 e. The molecule has 0 aromatic carbocycles. The van der Waals surface area contributed by atoms with Crippen LogP contribution >= 0.6 is 0 Å². The minimum Gasteiger partial charge on any atom is -0.468 e. The van der Waals surface area contributed by atoms with Crippen LogP contribution in [0.4, 0.5) is 0 Å². The number of carbonyl (C=O) groups is 3. The van der Waals surface area contributed by atoms with Gasteiger partial charge in [0.05, 0.1) is 7.11 Å². The van der Waals surface area contributed by atoms with E-state index in [0.29, 0.717) is 25.7 Å². The predicted molar refractivity (Wildman–Crippen MR) is 53.2 cm³/mol. The maximum Gasteiger partial charge on any atom is 0.319 e. The van der Waals surface area contributed by atoms with Crippen molar-refractivity contribution in [1.29, 1.82) is 0 Å². The fraction of sp³-hybridized carbons (Fsp3) is 0.727. The van der Waals surface area contributed by atoms with Crippen molar-refractivity contribution >= 4 is 17.5 Å². The van der Waals surface area contributed by atoms with Gasteiger partial charge < -0.3 is 9.53 Å². The standard InChI is InChI=1S/C11H16O4/c1-8(12)5-7-11(10(14)15-2)6-3-4-9(11)13/h3-7H2,1-2H3. The average molecular weight is 212 g/mol. The van der Waals surface area contributed by atoms with E-state index in [2.05, 4.69) is 4.74 Å². The molecule has 0 N–H and O–H groups in total. The van der Waals surface area contributed by atoms with Crippen molar-refractivity contribution in [3.05, 3.63) is 0 Å². The van der Waals surface area contributed by atoms with Crippen molar-refractivity contribution in [2.75, 3.05) is 7.11 Å². The maximum atomic E-state index is 11.7. The molecule has 0 heterocycles. The number of methoxy groups -OCH3 is 1. The molecule has 0 saturated heterocycles. The molecule has 15 heavy (non-hydrogen) atoms. The monoisotopic (exact) mass is 212 g/mol. The molecule has 4 nitrogen and oxygen atoms in total. The lowest BCUT2D eigenvalue weighted by Crippen LogP contribution is -2.36. The van der Waals surface area contributed by atoms with E-state index in [4.69, 9.17) is 0 Å². The number of carbonyl (C=O) groups excluding carboxylic acids is 3. The van der Waals surface area contributed by atoms with E-state index in [1.54, 1.807) is 0 Å². The number of hydrogen-bond donors (Lipinski definition) is 0. The Morgan fingerprint density at radius 2 is 2.13 bits per heavy atom. The van der Waals surface area contributed by atoms with Gasteiger partial charge in [-0.3, -0.25) is 9.59 Å². The lowest BCUT2D eigenvalue weighted by Gasteiger charge is -2.23. The van der Waals surface area contributed by atoms with Crippen LogP contribution in [0.5, 0.6) is 0 Å². The summed E-state index contributed by atoms with van der Waals surface area (Å²) in [7, 11) is 1.28. The molecule has 0 bridgehead atoms. The topological polar surface area (TPSA) is 60.4 Å². The summed E-state index contributed by atoms with van der Waals surface area (Å²) in [6, 6.07) is 0. The summed E-state index contributed by atoms with van der Waals surface area (Å²) in [5, 5.41) is 0. The van der Waals surface area contributed by atoms with E-state index in [-0.39, 0.29) is 18.0 Å². The number of ether oxygens (including phenoxy) is 1. The molecule has 1 atom stereocenters.